The summed E-state index contributed by atoms with van der Waals surface area (Å²) in [4.78, 5) is 0. The molecule has 3 unspecified atom stereocenters. The second-order valence-electron chi connectivity index (χ2n) is 5.75. The van der Waals surface area contributed by atoms with E-state index in [2.05, 4.69) is 0 Å². The van der Waals surface area contributed by atoms with Crippen LogP contribution in [0.15, 0.2) is 0 Å². The molecule has 0 heterocycles. The summed E-state index contributed by atoms with van der Waals surface area (Å²) < 4.78 is 75.4. The van der Waals surface area contributed by atoms with Gasteiger partial charge in [-0.25, -0.2) is 0 Å². The third kappa shape index (κ3) is 2.33. The average Bonchev–Trinajstić information content (AvgIpc) is 2.69. The Labute approximate surface area is 105 Å². The Hall–Kier alpha value is -0.500. The summed E-state index contributed by atoms with van der Waals surface area (Å²) in [6.07, 6.45) is -12.0. The Morgan fingerprint density at radius 3 is 1.84 bits per heavy atom. The van der Waals surface area contributed by atoms with Gasteiger partial charge in [-0.2, -0.15) is 26.3 Å². The van der Waals surface area contributed by atoms with Crippen molar-refractivity contribution in [1.29, 1.82) is 0 Å². The lowest BCUT2D eigenvalue weighted by molar-refractivity contribution is -0.373. The molecule has 0 radical (unpaired) electrons. The zero-order valence-electron chi connectivity index (χ0n) is 9.85. The van der Waals surface area contributed by atoms with Gasteiger partial charge in [-0.3, -0.25) is 0 Å². The molecule has 0 aromatic heterocycles. The van der Waals surface area contributed by atoms with Crippen LogP contribution < -0.4 is 0 Å². The van der Waals surface area contributed by atoms with E-state index >= 15 is 0 Å². The lowest BCUT2D eigenvalue weighted by Crippen LogP contribution is -2.58. The van der Waals surface area contributed by atoms with Crippen molar-refractivity contribution in [3.05, 3.63) is 0 Å². The highest BCUT2D eigenvalue weighted by atomic mass is 19.4. The van der Waals surface area contributed by atoms with Gasteiger partial charge in [-0.15, -0.1) is 0 Å². The van der Waals surface area contributed by atoms with Gasteiger partial charge in [0.2, 0.25) is 0 Å². The van der Waals surface area contributed by atoms with E-state index in [1.165, 1.54) is 0 Å². The van der Waals surface area contributed by atoms with Crippen LogP contribution in [0.2, 0.25) is 0 Å². The highest BCUT2D eigenvalue weighted by molar-refractivity contribution is 5.05. The normalized spacial score (nSPS) is 36.0. The first-order valence-electron chi connectivity index (χ1n) is 5.96. The van der Waals surface area contributed by atoms with Gasteiger partial charge in [0.25, 0.3) is 5.60 Å². The van der Waals surface area contributed by atoms with Crippen LogP contribution in [0.3, 0.4) is 0 Å². The smallest absolute Gasteiger partial charge is 0.390 e. The van der Waals surface area contributed by atoms with Gasteiger partial charge in [0.15, 0.2) is 0 Å². The number of fused-ring (bicyclic) bond motifs is 2. The minimum atomic E-state index is -5.77. The van der Waals surface area contributed by atoms with Crippen LogP contribution in [0.5, 0.6) is 0 Å². The summed E-state index contributed by atoms with van der Waals surface area (Å²) in [5, 5.41) is 19.0. The summed E-state index contributed by atoms with van der Waals surface area (Å²) in [5.74, 6) is -1.33. The van der Waals surface area contributed by atoms with Crippen LogP contribution in [0.1, 0.15) is 32.1 Å². The molecule has 8 heteroatoms. The molecule has 2 saturated carbocycles. The minimum absolute atomic E-state index is 0.105. The van der Waals surface area contributed by atoms with E-state index in [9.17, 15) is 31.4 Å². The molecule has 2 aliphatic rings. The fraction of sp³-hybridized carbons (Fsp3) is 1.00. The van der Waals surface area contributed by atoms with Crippen LogP contribution in [0.4, 0.5) is 26.3 Å². The lowest BCUT2D eigenvalue weighted by atomic mass is 9.79. The van der Waals surface area contributed by atoms with Crippen LogP contribution >= 0.6 is 0 Å². The second-order valence-corrected chi connectivity index (χ2v) is 5.75. The molecule has 0 aromatic rings. The maximum atomic E-state index is 12.6. The summed E-state index contributed by atoms with van der Waals surface area (Å²) in [6, 6.07) is 0. The zero-order chi connectivity index (χ0) is 14.7. The molecular formula is C11H14F6O2. The molecule has 0 amide bonds. The summed E-state index contributed by atoms with van der Waals surface area (Å²) in [7, 11) is 0. The fourth-order valence-corrected chi connectivity index (χ4v) is 3.40. The van der Waals surface area contributed by atoms with Crippen molar-refractivity contribution in [2.75, 3.05) is 0 Å². The molecule has 2 aliphatic carbocycles. The van der Waals surface area contributed by atoms with Gasteiger partial charge in [0.1, 0.15) is 0 Å². The van der Waals surface area contributed by atoms with Gasteiger partial charge in [-0.1, -0.05) is 0 Å². The van der Waals surface area contributed by atoms with Crippen molar-refractivity contribution in [2.45, 2.75) is 55.7 Å². The Balaban J connectivity index is 2.20. The Kier molecular flexibility index (Phi) is 3.14. The molecule has 2 N–H and O–H groups in total. The van der Waals surface area contributed by atoms with E-state index in [1.807, 2.05) is 0 Å². The molecule has 112 valence electrons. The van der Waals surface area contributed by atoms with E-state index in [4.69, 9.17) is 5.11 Å². The van der Waals surface area contributed by atoms with Crippen molar-refractivity contribution in [3.63, 3.8) is 0 Å². The van der Waals surface area contributed by atoms with Crippen LogP contribution in [-0.4, -0.2) is 33.8 Å². The standard InChI is InChI=1S/C11H14F6O2/c12-10(13,14)9(19,11(15,16)17)5-7-4-8(18)2-1-6(7)3-8/h6-7,18-19H,1-5H2. The van der Waals surface area contributed by atoms with Crippen molar-refractivity contribution in [1.82, 2.24) is 0 Å². The van der Waals surface area contributed by atoms with Crippen molar-refractivity contribution in [3.8, 4) is 0 Å². The molecular weight excluding hydrogens is 278 g/mol. The lowest BCUT2D eigenvalue weighted by Gasteiger charge is -2.36. The largest absolute Gasteiger partial charge is 0.426 e. The van der Waals surface area contributed by atoms with Gasteiger partial charge in [0.05, 0.1) is 5.60 Å². The van der Waals surface area contributed by atoms with Crippen molar-refractivity contribution >= 4 is 0 Å². The monoisotopic (exact) mass is 292 g/mol. The van der Waals surface area contributed by atoms with E-state index in [-0.39, 0.29) is 18.8 Å². The van der Waals surface area contributed by atoms with Crippen LogP contribution in [0, 0.1) is 11.8 Å². The number of halogens is 6. The maximum Gasteiger partial charge on any atom is 0.426 e. The highest BCUT2D eigenvalue weighted by Gasteiger charge is 2.71. The molecule has 0 spiro atoms. The molecule has 2 bridgehead atoms. The molecule has 2 rings (SSSR count). The SMILES string of the molecule is OC12CCC(C1)C(CC(O)(C(F)(F)F)C(F)(F)F)C2. The van der Waals surface area contributed by atoms with Crippen LogP contribution in [0.25, 0.3) is 0 Å². The first-order chi connectivity index (χ1) is 8.38. The summed E-state index contributed by atoms with van der Waals surface area (Å²) in [5.41, 5.74) is -5.83. The number of hydrogen-bond acceptors (Lipinski definition) is 2. The Morgan fingerprint density at radius 1 is 1.00 bits per heavy atom. The van der Waals surface area contributed by atoms with E-state index < -0.39 is 35.9 Å². The van der Waals surface area contributed by atoms with E-state index in [0.717, 1.165) is 0 Å². The molecule has 0 aliphatic heterocycles. The van der Waals surface area contributed by atoms with E-state index in [1.54, 1.807) is 0 Å². The first-order valence-corrected chi connectivity index (χ1v) is 5.96. The van der Waals surface area contributed by atoms with Gasteiger partial charge in [0, 0.05) is 0 Å². The van der Waals surface area contributed by atoms with Gasteiger partial charge < -0.3 is 10.2 Å². The number of rotatable bonds is 2. The molecule has 19 heavy (non-hydrogen) atoms. The Morgan fingerprint density at radius 2 is 1.53 bits per heavy atom. The second kappa shape index (κ2) is 4.00. The first kappa shape index (κ1) is 14.9. The van der Waals surface area contributed by atoms with Crippen molar-refractivity contribution < 1.29 is 36.6 Å². The van der Waals surface area contributed by atoms with Crippen LogP contribution in [-0.2, 0) is 0 Å². The zero-order valence-corrected chi connectivity index (χ0v) is 9.85. The minimum Gasteiger partial charge on any atom is -0.390 e. The maximum absolute atomic E-state index is 12.6. The number of alkyl halides is 6. The predicted octanol–water partition coefficient (Wildman–Crippen LogP) is 2.78. The Bertz CT molecular complexity index is 349. The predicted molar refractivity (Wildman–Crippen MR) is 52.1 cm³/mol. The quantitative estimate of drug-likeness (QED) is 0.768. The third-order valence-corrected chi connectivity index (χ3v) is 4.43. The summed E-state index contributed by atoms with van der Waals surface area (Å²) in [6.45, 7) is 0. The molecule has 2 nitrogen and oxygen atoms in total. The molecule has 0 saturated heterocycles. The average molecular weight is 292 g/mol. The van der Waals surface area contributed by atoms with Gasteiger partial charge in [-0.05, 0) is 43.9 Å². The summed E-state index contributed by atoms with van der Waals surface area (Å²) >= 11 is 0. The highest BCUT2D eigenvalue weighted by Crippen LogP contribution is 2.56. The fourth-order valence-electron chi connectivity index (χ4n) is 3.40. The van der Waals surface area contributed by atoms with E-state index in [0.29, 0.717) is 12.8 Å². The number of aliphatic hydroxyl groups is 2. The van der Waals surface area contributed by atoms with Crippen molar-refractivity contribution in [2.24, 2.45) is 11.8 Å². The third-order valence-electron chi connectivity index (χ3n) is 4.43. The topological polar surface area (TPSA) is 40.5 Å². The number of hydrogen-bond donors (Lipinski definition) is 2. The molecule has 2 fully saturated rings. The van der Waals surface area contributed by atoms with Gasteiger partial charge >= 0.3 is 12.4 Å². The molecule has 3 atom stereocenters. The molecule has 0 aromatic carbocycles.